The summed E-state index contributed by atoms with van der Waals surface area (Å²) in [5.74, 6) is 1.43. The molecule has 0 aromatic heterocycles. The highest BCUT2D eigenvalue weighted by atomic mass is 15.0. The van der Waals surface area contributed by atoms with Crippen LogP contribution >= 0.6 is 0 Å². The van der Waals surface area contributed by atoms with Gasteiger partial charge in [0.2, 0.25) is 0 Å². The molecule has 2 aliphatic rings. The minimum Gasteiger partial charge on any atom is -0.330 e. The second-order valence-electron chi connectivity index (χ2n) is 4.22. The van der Waals surface area contributed by atoms with Crippen molar-refractivity contribution in [1.82, 2.24) is 5.32 Å². The maximum absolute atomic E-state index is 5.90. The van der Waals surface area contributed by atoms with E-state index >= 15 is 0 Å². The van der Waals surface area contributed by atoms with Gasteiger partial charge in [-0.05, 0) is 24.8 Å². The predicted octanol–water partition coefficient (Wildman–Crippen LogP) is 0.747. The first-order chi connectivity index (χ1) is 5.79. The van der Waals surface area contributed by atoms with Crippen molar-refractivity contribution in [3.05, 3.63) is 12.2 Å². The molecule has 0 radical (unpaired) electrons. The Morgan fingerprint density at radius 3 is 3.17 bits per heavy atom. The molecule has 3 N–H and O–H groups in total. The Labute approximate surface area is 74.2 Å². The minimum atomic E-state index is 0.370. The third kappa shape index (κ3) is 0.947. The molecule has 2 heteroatoms. The van der Waals surface area contributed by atoms with Crippen molar-refractivity contribution >= 4 is 0 Å². The van der Waals surface area contributed by atoms with Gasteiger partial charge in [0.1, 0.15) is 0 Å². The van der Waals surface area contributed by atoms with Crippen molar-refractivity contribution < 1.29 is 0 Å². The second kappa shape index (κ2) is 2.86. The number of nitrogens with two attached hydrogens (primary N) is 1. The molecule has 1 aliphatic carbocycles. The molecule has 1 fully saturated rings. The van der Waals surface area contributed by atoms with Crippen LogP contribution in [-0.2, 0) is 0 Å². The van der Waals surface area contributed by atoms with E-state index in [4.69, 9.17) is 5.73 Å². The molecule has 0 aromatic rings. The summed E-state index contributed by atoms with van der Waals surface area (Å²) < 4.78 is 0. The van der Waals surface area contributed by atoms with Crippen LogP contribution in [0.15, 0.2) is 12.2 Å². The van der Waals surface area contributed by atoms with Crippen molar-refractivity contribution in [2.75, 3.05) is 19.6 Å². The maximum Gasteiger partial charge on any atom is 0.00535 e. The Morgan fingerprint density at radius 2 is 2.50 bits per heavy atom. The molecular formula is C10H18N2. The first-order valence-electron chi connectivity index (χ1n) is 4.87. The largest absolute Gasteiger partial charge is 0.330 e. The molecule has 0 aromatic carbocycles. The van der Waals surface area contributed by atoms with Gasteiger partial charge >= 0.3 is 0 Å². The monoisotopic (exact) mass is 166 g/mol. The standard InChI is InChI=1S/C10H18N2/c1-8-3-2-4-9-5-12-7-10(8,9)6-11/h2-3,8-9,12H,4-7,11H2,1H3. The highest BCUT2D eigenvalue weighted by Gasteiger charge is 2.45. The summed E-state index contributed by atoms with van der Waals surface area (Å²) in [6.07, 6.45) is 5.86. The molecule has 0 spiro atoms. The van der Waals surface area contributed by atoms with E-state index in [0.29, 0.717) is 11.3 Å². The second-order valence-corrected chi connectivity index (χ2v) is 4.22. The molecule has 1 aliphatic heterocycles. The molecule has 1 saturated heterocycles. The van der Waals surface area contributed by atoms with E-state index in [1.807, 2.05) is 0 Å². The van der Waals surface area contributed by atoms with Crippen LogP contribution in [0.1, 0.15) is 13.3 Å². The molecule has 2 rings (SSSR count). The Hall–Kier alpha value is -0.340. The molecule has 2 nitrogen and oxygen atoms in total. The van der Waals surface area contributed by atoms with Crippen molar-refractivity contribution in [2.45, 2.75) is 13.3 Å². The van der Waals surface area contributed by atoms with E-state index in [1.54, 1.807) is 0 Å². The van der Waals surface area contributed by atoms with E-state index in [-0.39, 0.29) is 0 Å². The van der Waals surface area contributed by atoms with Crippen LogP contribution in [0.25, 0.3) is 0 Å². The summed E-state index contributed by atoms with van der Waals surface area (Å²) in [4.78, 5) is 0. The van der Waals surface area contributed by atoms with Crippen LogP contribution < -0.4 is 11.1 Å². The molecule has 1 heterocycles. The Bertz CT molecular complexity index is 200. The lowest BCUT2D eigenvalue weighted by Gasteiger charge is -2.40. The fraction of sp³-hybridized carbons (Fsp3) is 0.800. The van der Waals surface area contributed by atoms with Crippen molar-refractivity contribution in [1.29, 1.82) is 0 Å². The zero-order valence-electron chi connectivity index (χ0n) is 7.72. The predicted molar refractivity (Wildman–Crippen MR) is 50.8 cm³/mol. The van der Waals surface area contributed by atoms with Gasteiger partial charge in [-0.3, -0.25) is 0 Å². The SMILES string of the molecule is CC1C=CCC2CNCC12CN. The number of fused-ring (bicyclic) bond motifs is 1. The maximum atomic E-state index is 5.90. The first kappa shape index (κ1) is 8.27. The fourth-order valence-corrected chi connectivity index (χ4v) is 2.74. The summed E-state index contributed by atoms with van der Waals surface area (Å²) in [6, 6.07) is 0. The highest BCUT2D eigenvalue weighted by molar-refractivity contribution is 5.11. The molecule has 12 heavy (non-hydrogen) atoms. The van der Waals surface area contributed by atoms with Gasteiger partial charge < -0.3 is 11.1 Å². The molecule has 3 unspecified atom stereocenters. The molecule has 0 saturated carbocycles. The normalized spacial score (nSPS) is 46.2. The van der Waals surface area contributed by atoms with Crippen LogP contribution in [0.5, 0.6) is 0 Å². The Balaban J connectivity index is 2.28. The lowest BCUT2D eigenvalue weighted by Crippen LogP contribution is -2.44. The number of rotatable bonds is 1. The van der Waals surface area contributed by atoms with Crippen LogP contribution in [0.3, 0.4) is 0 Å². The van der Waals surface area contributed by atoms with Gasteiger partial charge in [-0.15, -0.1) is 0 Å². The van der Waals surface area contributed by atoms with E-state index in [2.05, 4.69) is 24.4 Å². The summed E-state index contributed by atoms with van der Waals surface area (Å²) in [5.41, 5.74) is 6.27. The number of nitrogens with one attached hydrogen (secondary N) is 1. The van der Waals surface area contributed by atoms with Crippen molar-refractivity contribution in [3.63, 3.8) is 0 Å². The van der Waals surface area contributed by atoms with Crippen molar-refractivity contribution in [2.24, 2.45) is 23.0 Å². The zero-order valence-corrected chi connectivity index (χ0v) is 7.72. The smallest absolute Gasteiger partial charge is 0.00535 e. The number of hydrogen-bond donors (Lipinski definition) is 2. The summed E-state index contributed by atoms with van der Waals surface area (Å²) in [6.45, 7) is 5.39. The minimum absolute atomic E-state index is 0.370. The zero-order chi connectivity index (χ0) is 8.60. The fourth-order valence-electron chi connectivity index (χ4n) is 2.74. The molecule has 0 amide bonds. The first-order valence-corrected chi connectivity index (χ1v) is 4.87. The highest BCUT2D eigenvalue weighted by Crippen LogP contribution is 2.43. The van der Waals surface area contributed by atoms with Gasteiger partial charge in [0.05, 0.1) is 0 Å². The summed E-state index contributed by atoms with van der Waals surface area (Å²) in [7, 11) is 0. The third-order valence-electron chi connectivity index (χ3n) is 3.79. The van der Waals surface area contributed by atoms with Crippen LogP contribution in [0, 0.1) is 17.3 Å². The van der Waals surface area contributed by atoms with E-state index < -0.39 is 0 Å². The van der Waals surface area contributed by atoms with Gasteiger partial charge in [0, 0.05) is 18.5 Å². The van der Waals surface area contributed by atoms with Crippen LogP contribution in [0.2, 0.25) is 0 Å². The molecule has 0 bridgehead atoms. The summed E-state index contributed by atoms with van der Waals surface area (Å²) in [5, 5.41) is 3.47. The van der Waals surface area contributed by atoms with Gasteiger partial charge in [-0.25, -0.2) is 0 Å². The summed E-state index contributed by atoms with van der Waals surface area (Å²) >= 11 is 0. The topological polar surface area (TPSA) is 38.0 Å². The van der Waals surface area contributed by atoms with Crippen LogP contribution in [0.4, 0.5) is 0 Å². The molecular weight excluding hydrogens is 148 g/mol. The van der Waals surface area contributed by atoms with Gasteiger partial charge in [-0.1, -0.05) is 19.1 Å². The lowest BCUT2D eigenvalue weighted by molar-refractivity contribution is 0.163. The van der Waals surface area contributed by atoms with E-state index in [0.717, 1.165) is 25.6 Å². The molecule has 3 atom stereocenters. The van der Waals surface area contributed by atoms with Gasteiger partial charge in [0.25, 0.3) is 0 Å². The lowest BCUT2D eigenvalue weighted by atomic mass is 9.65. The van der Waals surface area contributed by atoms with Crippen LogP contribution in [-0.4, -0.2) is 19.6 Å². The number of hydrogen-bond acceptors (Lipinski definition) is 2. The van der Waals surface area contributed by atoms with E-state index in [9.17, 15) is 0 Å². The quantitative estimate of drug-likeness (QED) is 0.564. The molecule has 68 valence electrons. The number of allylic oxidation sites excluding steroid dienone is 2. The van der Waals surface area contributed by atoms with Crippen molar-refractivity contribution in [3.8, 4) is 0 Å². The average Bonchev–Trinajstić information content (AvgIpc) is 2.50. The van der Waals surface area contributed by atoms with E-state index in [1.165, 1.54) is 6.42 Å². The average molecular weight is 166 g/mol. The Kier molecular flexibility index (Phi) is 1.97. The third-order valence-corrected chi connectivity index (χ3v) is 3.79. The Morgan fingerprint density at radius 1 is 1.67 bits per heavy atom. The van der Waals surface area contributed by atoms with Gasteiger partial charge in [-0.2, -0.15) is 0 Å². The van der Waals surface area contributed by atoms with Gasteiger partial charge in [0.15, 0.2) is 0 Å².